The Morgan fingerprint density at radius 1 is 1.52 bits per heavy atom. The zero-order valence-electron chi connectivity index (χ0n) is 10.8. The number of Topliss-reactive ketones (excluding diaryl/α,β-unsaturated/α-hetero) is 1. The number of hydrogen-bond donors (Lipinski definition) is 4. The van der Waals surface area contributed by atoms with Gasteiger partial charge in [0.15, 0.2) is 5.78 Å². The van der Waals surface area contributed by atoms with Gasteiger partial charge in [0.1, 0.15) is 18.3 Å². The summed E-state index contributed by atoms with van der Waals surface area (Å²) in [4.78, 5) is 36.3. The van der Waals surface area contributed by atoms with Gasteiger partial charge in [-0.05, 0) is 6.92 Å². The fraction of sp³-hybridized carbons (Fsp3) is 0.545. The van der Waals surface area contributed by atoms with Gasteiger partial charge in [0, 0.05) is 0 Å². The molecule has 1 aromatic heterocycles. The van der Waals surface area contributed by atoms with Crippen LogP contribution in [0, 0.1) is 5.82 Å². The van der Waals surface area contributed by atoms with E-state index in [1.54, 1.807) is 4.98 Å². The standard InChI is InChI=1S/C11H13FN2O7/c1-4(16)11(8(18)7(17)6(3-15)21-11)14-2-5(12)9(19)13-10(14)20/h2,6-8,15,17-18H,3H2,1H3,(H,13,19,20)/t6-,7-,8-,11-/m1/s1. The zero-order valence-corrected chi connectivity index (χ0v) is 10.8. The highest BCUT2D eigenvalue weighted by Gasteiger charge is 2.59. The van der Waals surface area contributed by atoms with E-state index < -0.39 is 53.5 Å². The van der Waals surface area contributed by atoms with Gasteiger partial charge in [-0.3, -0.25) is 19.1 Å². The molecule has 0 bridgehead atoms. The molecular formula is C11H13FN2O7. The fourth-order valence-electron chi connectivity index (χ4n) is 2.30. The summed E-state index contributed by atoms with van der Waals surface area (Å²) >= 11 is 0. The predicted octanol–water partition coefficient (Wildman–Crippen LogP) is -2.97. The Labute approximate surface area is 116 Å². The van der Waals surface area contributed by atoms with Gasteiger partial charge in [0.2, 0.25) is 11.5 Å². The lowest BCUT2D eigenvalue weighted by Gasteiger charge is -2.30. The number of nitrogens with one attached hydrogen (secondary N) is 1. The molecule has 9 nitrogen and oxygen atoms in total. The number of aromatic amines is 1. The summed E-state index contributed by atoms with van der Waals surface area (Å²) in [5, 5.41) is 28.8. The fourth-order valence-corrected chi connectivity index (χ4v) is 2.30. The second kappa shape index (κ2) is 5.15. The summed E-state index contributed by atoms with van der Waals surface area (Å²) in [6.45, 7) is 0.207. The van der Waals surface area contributed by atoms with Crippen molar-refractivity contribution in [2.24, 2.45) is 0 Å². The van der Waals surface area contributed by atoms with Gasteiger partial charge < -0.3 is 20.1 Å². The molecule has 0 unspecified atom stereocenters. The summed E-state index contributed by atoms with van der Waals surface area (Å²) in [6, 6.07) is 0. The van der Waals surface area contributed by atoms with Crippen molar-refractivity contribution in [1.29, 1.82) is 0 Å². The zero-order chi connectivity index (χ0) is 15.9. The molecule has 1 aliphatic rings. The first-order valence-corrected chi connectivity index (χ1v) is 5.93. The van der Waals surface area contributed by atoms with E-state index in [-0.39, 0.29) is 0 Å². The average Bonchev–Trinajstić information content (AvgIpc) is 2.68. The minimum Gasteiger partial charge on any atom is -0.394 e. The highest BCUT2D eigenvalue weighted by molar-refractivity contribution is 5.84. The van der Waals surface area contributed by atoms with Crippen LogP contribution in [0.25, 0.3) is 0 Å². The maximum absolute atomic E-state index is 13.4. The molecule has 4 N–H and O–H groups in total. The molecular weight excluding hydrogens is 291 g/mol. The third kappa shape index (κ3) is 2.12. The molecule has 4 atom stereocenters. The van der Waals surface area contributed by atoms with Crippen LogP contribution in [0.3, 0.4) is 0 Å². The van der Waals surface area contributed by atoms with E-state index >= 15 is 0 Å². The molecule has 1 aromatic rings. The van der Waals surface area contributed by atoms with E-state index in [2.05, 4.69) is 0 Å². The van der Waals surface area contributed by atoms with Gasteiger partial charge in [-0.2, -0.15) is 4.39 Å². The number of aliphatic hydroxyl groups is 3. The van der Waals surface area contributed by atoms with Gasteiger partial charge in [0.05, 0.1) is 12.8 Å². The molecule has 21 heavy (non-hydrogen) atoms. The first-order chi connectivity index (χ1) is 9.75. The van der Waals surface area contributed by atoms with Gasteiger partial charge in [-0.25, -0.2) is 4.79 Å². The number of aromatic nitrogens is 2. The Bertz CT molecular complexity index is 684. The summed E-state index contributed by atoms with van der Waals surface area (Å²) in [5.74, 6) is -2.30. The predicted molar refractivity (Wildman–Crippen MR) is 63.9 cm³/mol. The lowest BCUT2D eigenvalue weighted by atomic mass is 9.99. The number of carbonyl (C=O) groups is 1. The number of ether oxygens (including phenoxy) is 1. The highest BCUT2D eigenvalue weighted by Crippen LogP contribution is 2.35. The van der Waals surface area contributed by atoms with Crippen LogP contribution in [0.1, 0.15) is 6.92 Å². The monoisotopic (exact) mass is 304 g/mol. The summed E-state index contributed by atoms with van der Waals surface area (Å²) in [6.07, 6.45) is -4.57. The molecule has 0 spiro atoms. The summed E-state index contributed by atoms with van der Waals surface area (Å²) < 4.78 is 18.9. The number of halogens is 1. The minimum absolute atomic E-state index is 0.357. The van der Waals surface area contributed by atoms with Gasteiger partial charge in [-0.1, -0.05) is 0 Å². The second-order valence-electron chi connectivity index (χ2n) is 4.63. The van der Waals surface area contributed by atoms with Crippen molar-refractivity contribution in [3.8, 4) is 0 Å². The molecule has 2 heterocycles. The van der Waals surface area contributed by atoms with Crippen molar-refractivity contribution >= 4 is 5.78 Å². The number of ketones is 1. The van der Waals surface area contributed by atoms with Crippen LogP contribution < -0.4 is 11.2 Å². The van der Waals surface area contributed by atoms with Crippen molar-refractivity contribution in [2.75, 3.05) is 6.61 Å². The third-order valence-corrected chi connectivity index (χ3v) is 3.38. The van der Waals surface area contributed by atoms with Gasteiger partial charge >= 0.3 is 5.69 Å². The Kier molecular flexibility index (Phi) is 3.80. The molecule has 0 aliphatic carbocycles. The number of aliphatic hydroxyl groups excluding tert-OH is 3. The largest absolute Gasteiger partial charge is 0.394 e. The van der Waals surface area contributed by atoms with Crippen LogP contribution in [-0.4, -0.2) is 55.6 Å². The van der Waals surface area contributed by atoms with Gasteiger partial charge in [-0.15, -0.1) is 0 Å². The lowest BCUT2D eigenvalue weighted by Crippen LogP contribution is -2.56. The van der Waals surface area contributed by atoms with Crippen LogP contribution in [-0.2, 0) is 15.3 Å². The number of carbonyl (C=O) groups excluding carboxylic acids is 1. The molecule has 0 aromatic carbocycles. The maximum atomic E-state index is 13.4. The Balaban J connectivity index is 2.71. The molecule has 1 saturated heterocycles. The first kappa shape index (κ1) is 15.5. The second-order valence-corrected chi connectivity index (χ2v) is 4.63. The van der Waals surface area contributed by atoms with E-state index in [0.717, 1.165) is 6.92 Å². The van der Waals surface area contributed by atoms with E-state index in [4.69, 9.17) is 9.84 Å². The number of nitrogens with zero attached hydrogens (tertiary/aromatic N) is 1. The maximum Gasteiger partial charge on any atom is 0.331 e. The highest BCUT2D eigenvalue weighted by atomic mass is 19.1. The summed E-state index contributed by atoms with van der Waals surface area (Å²) in [7, 11) is 0. The molecule has 0 amide bonds. The Morgan fingerprint density at radius 2 is 2.14 bits per heavy atom. The van der Waals surface area contributed by atoms with E-state index in [0.29, 0.717) is 10.8 Å². The molecule has 10 heteroatoms. The van der Waals surface area contributed by atoms with E-state index in [1.165, 1.54) is 0 Å². The normalized spacial score (nSPS) is 32.3. The Morgan fingerprint density at radius 3 is 2.62 bits per heavy atom. The van der Waals surface area contributed by atoms with Gasteiger partial charge in [0.25, 0.3) is 5.56 Å². The molecule has 0 radical (unpaired) electrons. The quantitative estimate of drug-likeness (QED) is 0.467. The van der Waals surface area contributed by atoms with Crippen molar-refractivity contribution in [1.82, 2.24) is 9.55 Å². The first-order valence-electron chi connectivity index (χ1n) is 5.93. The van der Waals surface area contributed by atoms with Crippen molar-refractivity contribution < 1.29 is 29.2 Å². The SMILES string of the molecule is CC(=O)[C@@]1(n2cc(F)c(=O)[nH]c2=O)O[C@H](CO)[C@@H](O)[C@H]1O. The van der Waals surface area contributed by atoms with Crippen LogP contribution in [0.5, 0.6) is 0 Å². The Hall–Kier alpha value is -1.88. The van der Waals surface area contributed by atoms with E-state index in [1.807, 2.05) is 0 Å². The summed E-state index contributed by atoms with van der Waals surface area (Å²) in [5.41, 5.74) is -4.95. The lowest BCUT2D eigenvalue weighted by molar-refractivity contribution is -0.174. The molecule has 1 aliphatic heterocycles. The van der Waals surface area contributed by atoms with Crippen molar-refractivity contribution in [2.45, 2.75) is 31.0 Å². The van der Waals surface area contributed by atoms with Crippen molar-refractivity contribution in [3.05, 3.63) is 32.9 Å². The average molecular weight is 304 g/mol. The number of H-pyrrole nitrogens is 1. The number of hydrogen-bond acceptors (Lipinski definition) is 7. The molecule has 0 saturated carbocycles. The molecule has 116 valence electrons. The minimum atomic E-state index is -2.44. The van der Waals surface area contributed by atoms with Crippen LogP contribution in [0.2, 0.25) is 0 Å². The van der Waals surface area contributed by atoms with Crippen LogP contribution in [0.4, 0.5) is 4.39 Å². The van der Waals surface area contributed by atoms with E-state index in [9.17, 15) is 29.0 Å². The smallest absolute Gasteiger partial charge is 0.331 e. The van der Waals surface area contributed by atoms with Crippen LogP contribution >= 0.6 is 0 Å². The molecule has 1 fully saturated rings. The third-order valence-electron chi connectivity index (χ3n) is 3.38. The number of rotatable bonds is 3. The molecule has 2 rings (SSSR count). The van der Waals surface area contributed by atoms with Crippen molar-refractivity contribution in [3.63, 3.8) is 0 Å². The topological polar surface area (TPSA) is 142 Å². The van der Waals surface area contributed by atoms with Crippen LogP contribution in [0.15, 0.2) is 15.8 Å².